The molecule has 0 bridgehead atoms. The Morgan fingerprint density at radius 3 is 2.70 bits per heavy atom. The van der Waals surface area contributed by atoms with Gasteiger partial charge >= 0.3 is 0 Å². The van der Waals surface area contributed by atoms with E-state index in [-0.39, 0.29) is 22.1 Å². The van der Waals surface area contributed by atoms with Crippen LogP contribution < -0.4 is 10.1 Å². The molecule has 20 heavy (non-hydrogen) atoms. The second-order valence-corrected chi connectivity index (χ2v) is 8.13. The van der Waals surface area contributed by atoms with Crippen LogP contribution >= 0.6 is 11.3 Å². The van der Waals surface area contributed by atoms with Gasteiger partial charge in [-0.25, -0.2) is 17.7 Å². The highest BCUT2D eigenvalue weighted by atomic mass is 32.2. The molecule has 0 fully saturated rings. The van der Waals surface area contributed by atoms with Crippen molar-refractivity contribution in [2.45, 2.75) is 30.2 Å². The van der Waals surface area contributed by atoms with Crippen LogP contribution in [0.4, 0.5) is 0 Å². The van der Waals surface area contributed by atoms with Crippen LogP contribution in [0.15, 0.2) is 10.4 Å². The third-order valence-corrected chi connectivity index (χ3v) is 5.52. The number of aromatic nitrogens is 1. The van der Waals surface area contributed by atoms with Gasteiger partial charge < -0.3 is 15.2 Å². The fraction of sp³-hybridized carbons (Fsp3) is 0.727. The Balaban J connectivity index is 2.53. The Labute approximate surface area is 123 Å². The van der Waals surface area contributed by atoms with Crippen LogP contribution in [-0.4, -0.2) is 62.2 Å². The van der Waals surface area contributed by atoms with Gasteiger partial charge in [0.05, 0.1) is 6.20 Å². The normalized spacial score (nSPS) is 13.9. The summed E-state index contributed by atoms with van der Waals surface area (Å²) in [4.78, 5) is 3.89. The van der Waals surface area contributed by atoms with Gasteiger partial charge in [0.25, 0.3) is 15.2 Å². The number of hydrogen-bond donors (Lipinski definition) is 2. The van der Waals surface area contributed by atoms with Gasteiger partial charge in [-0.05, 0) is 0 Å². The van der Waals surface area contributed by atoms with E-state index < -0.39 is 16.1 Å². The van der Waals surface area contributed by atoms with Crippen molar-refractivity contribution in [2.75, 3.05) is 27.2 Å². The molecule has 9 heteroatoms. The van der Waals surface area contributed by atoms with E-state index in [1.807, 2.05) is 13.8 Å². The summed E-state index contributed by atoms with van der Waals surface area (Å²) in [7, 11) is -0.571. The van der Waals surface area contributed by atoms with Crippen molar-refractivity contribution in [3.63, 3.8) is 0 Å². The third-order valence-electron chi connectivity index (χ3n) is 2.36. The van der Waals surface area contributed by atoms with Crippen molar-refractivity contribution >= 4 is 21.4 Å². The minimum absolute atomic E-state index is 0.0642. The number of ether oxygens (including phenoxy) is 1. The lowest BCUT2D eigenvalue weighted by molar-refractivity contribution is 0.104. The lowest BCUT2D eigenvalue weighted by atomic mass is 10.3. The summed E-state index contributed by atoms with van der Waals surface area (Å²) in [6.07, 6.45) is 0.587. The van der Waals surface area contributed by atoms with Crippen LogP contribution in [0.5, 0.6) is 5.19 Å². The molecular weight excluding hydrogens is 302 g/mol. The topological polar surface area (TPSA) is 91.8 Å². The number of nitrogens with one attached hydrogen (secondary N) is 1. The average molecular weight is 323 g/mol. The van der Waals surface area contributed by atoms with Crippen molar-refractivity contribution < 1.29 is 18.3 Å². The van der Waals surface area contributed by atoms with Gasteiger partial charge in [0.2, 0.25) is 0 Å². The van der Waals surface area contributed by atoms with Crippen LogP contribution in [0.1, 0.15) is 13.8 Å². The number of nitrogens with zero attached hydrogens (tertiary/aromatic N) is 2. The smallest absolute Gasteiger partial charge is 0.274 e. The second kappa shape index (κ2) is 7.32. The maximum absolute atomic E-state index is 11.8. The first-order chi connectivity index (χ1) is 9.23. The van der Waals surface area contributed by atoms with Gasteiger partial charge in [-0.15, -0.1) is 0 Å². The number of sulfonamides is 1. The summed E-state index contributed by atoms with van der Waals surface area (Å²) < 4.78 is 30.2. The molecule has 0 radical (unpaired) electrons. The summed E-state index contributed by atoms with van der Waals surface area (Å²) >= 11 is 0.940. The number of hydrogen-bond acceptors (Lipinski definition) is 7. The van der Waals surface area contributed by atoms with Gasteiger partial charge in [-0.1, -0.05) is 25.2 Å². The lowest BCUT2D eigenvalue weighted by Crippen LogP contribution is -2.35. The van der Waals surface area contributed by atoms with Gasteiger partial charge in [-0.2, -0.15) is 0 Å². The van der Waals surface area contributed by atoms with Crippen LogP contribution in [0.3, 0.4) is 0 Å². The van der Waals surface area contributed by atoms with Gasteiger partial charge in [-0.3, -0.25) is 0 Å². The first kappa shape index (κ1) is 17.3. The van der Waals surface area contributed by atoms with Crippen LogP contribution in [0.25, 0.3) is 0 Å². The lowest BCUT2D eigenvalue weighted by Gasteiger charge is -2.13. The molecule has 116 valence electrons. The molecule has 1 heterocycles. The summed E-state index contributed by atoms with van der Waals surface area (Å²) in [5.74, 6) is 0. The minimum Gasteiger partial charge on any atom is -0.467 e. The molecule has 1 unspecified atom stereocenters. The van der Waals surface area contributed by atoms with E-state index >= 15 is 0 Å². The molecule has 1 rings (SSSR count). The highest BCUT2D eigenvalue weighted by Gasteiger charge is 2.21. The van der Waals surface area contributed by atoms with Crippen molar-refractivity contribution in [3.05, 3.63) is 6.20 Å². The fourth-order valence-corrected chi connectivity index (χ4v) is 3.35. The number of rotatable bonds is 8. The van der Waals surface area contributed by atoms with Crippen molar-refractivity contribution in [1.82, 2.24) is 14.6 Å². The van der Waals surface area contributed by atoms with Crippen LogP contribution in [0.2, 0.25) is 0 Å². The molecule has 1 aromatic rings. The molecule has 0 aromatic carbocycles. The molecule has 1 atom stereocenters. The molecule has 2 N–H and O–H groups in total. The number of aliphatic hydroxyl groups excluding tert-OH is 1. The van der Waals surface area contributed by atoms with E-state index in [4.69, 9.17) is 4.74 Å². The zero-order valence-electron chi connectivity index (χ0n) is 12.0. The third kappa shape index (κ3) is 4.98. The molecule has 0 aliphatic rings. The van der Waals surface area contributed by atoms with Gasteiger partial charge in [0, 0.05) is 26.7 Å². The summed E-state index contributed by atoms with van der Waals surface area (Å²) in [5.41, 5.74) is 0. The van der Waals surface area contributed by atoms with Crippen LogP contribution in [0, 0.1) is 0 Å². The van der Waals surface area contributed by atoms with E-state index in [2.05, 4.69) is 10.3 Å². The van der Waals surface area contributed by atoms with Gasteiger partial charge in [0.15, 0.2) is 4.21 Å². The van der Waals surface area contributed by atoms with Crippen molar-refractivity contribution in [3.8, 4) is 5.19 Å². The van der Waals surface area contributed by atoms with E-state index in [0.717, 1.165) is 15.6 Å². The highest BCUT2D eigenvalue weighted by Crippen LogP contribution is 2.26. The fourth-order valence-electron chi connectivity index (χ4n) is 1.21. The molecule has 0 saturated heterocycles. The number of aliphatic hydroxyl groups is 1. The highest BCUT2D eigenvalue weighted by molar-refractivity contribution is 7.91. The molecule has 1 aromatic heterocycles. The maximum Gasteiger partial charge on any atom is 0.274 e. The number of thiazole rings is 1. The first-order valence-corrected chi connectivity index (χ1v) is 8.41. The summed E-state index contributed by atoms with van der Waals surface area (Å²) in [5, 5.41) is 13.0. The molecule has 0 amide bonds. The molecule has 7 nitrogen and oxygen atoms in total. The molecule has 0 aliphatic carbocycles. The van der Waals surface area contributed by atoms with Crippen LogP contribution in [-0.2, 0) is 10.0 Å². The standard InChI is InChI=1S/C11H21N3O4S2/c1-8(2)12-5-9(15)7-18-11-13-6-10(19-11)20(16,17)14(3)4/h6,8-9,12,15H,5,7H2,1-4H3. The molecular formula is C11H21N3O4S2. The van der Waals surface area contributed by atoms with Crippen molar-refractivity contribution in [1.29, 1.82) is 0 Å². The van der Waals surface area contributed by atoms with E-state index in [1.54, 1.807) is 0 Å². The Bertz CT molecular complexity index is 513. The minimum atomic E-state index is -3.48. The average Bonchev–Trinajstić information content (AvgIpc) is 2.83. The van der Waals surface area contributed by atoms with E-state index in [9.17, 15) is 13.5 Å². The Morgan fingerprint density at radius 2 is 2.15 bits per heavy atom. The Morgan fingerprint density at radius 1 is 1.50 bits per heavy atom. The van der Waals surface area contributed by atoms with E-state index in [1.165, 1.54) is 20.3 Å². The molecule has 0 spiro atoms. The SMILES string of the molecule is CC(C)NCC(O)COc1ncc(S(=O)(=O)N(C)C)s1. The first-order valence-electron chi connectivity index (χ1n) is 6.16. The molecule has 0 aliphatic heterocycles. The Kier molecular flexibility index (Phi) is 6.34. The predicted octanol–water partition coefficient (Wildman–Crippen LogP) is 0.131. The molecule has 0 saturated carbocycles. The largest absolute Gasteiger partial charge is 0.467 e. The summed E-state index contributed by atoms with van der Waals surface area (Å²) in [6.45, 7) is 4.43. The zero-order valence-corrected chi connectivity index (χ0v) is 13.7. The zero-order chi connectivity index (χ0) is 15.3. The monoisotopic (exact) mass is 323 g/mol. The maximum atomic E-state index is 11.8. The predicted molar refractivity (Wildman–Crippen MR) is 77.6 cm³/mol. The second-order valence-electron chi connectivity index (χ2n) is 4.76. The van der Waals surface area contributed by atoms with Crippen molar-refractivity contribution in [2.24, 2.45) is 0 Å². The van der Waals surface area contributed by atoms with E-state index in [0.29, 0.717) is 6.54 Å². The quantitative estimate of drug-likeness (QED) is 0.707. The Hall–Kier alpha value is -0.740. The van der Waals surface area contributed by atoms with Gasteiger partial charge in [0.1, 0.15) is 12.7 Å². The summed E-state index contributed by atoms with van der Waals surface area (Å²) in [6, 6.07) is 0.279.